The van der Waals surface area contributed by atoms with Gasteiger partial charge in [0.2, 0.25) is 0 Å². The Bertz CT molecular complexity index is 332. The van der Waals surface area contributed by atoms with Crippen LogP contribution in [-0.4, -0.2) is 31.2 Å². The summed E-state index contributed by atoms with van der Waals surface area (Å²) in [5.74, 6) is 0.396. The third-order valence-corrected chi connectivity index (χ3v) is 3.86. The molecule has 5 heteroatoms. The van der Waals surface area contributed by atoms with Crippen molar-refractivity contribution in [2.24, 2.45) is 5.92 Å². The van der Waals surface area contributed by atoms with Crippen molar-refractivity contribution in [3.8, 4) is 0 Å². The topological polar surface area (TPSA) is 42.4 Å². The van der Waals surface area contributed by atoms with Crippen LogP contribution in [0.15, 0.2) is 11.7 Å². The third kappa shape index (κ3) is 2.72. The lowest BCUT2D eigenvalue weighted by Gasteiger charge is -2.31. The molecule has 0 atom stereocenters. The van der Waals surface area contributed by atoms with Crippen LogP contribution in [-0.2, 0) is 9.53 Å². The Labute approximate surface area is 99.2 Å². The molecule has 0 unspecified atom stereocenters. The monoisotopic (exact) mass is 240 g/mol. The second kappa shape index (κ2) is 5.30. The second-order valence-corrected chi connectivity index (χ2v) is 4.92. The van der Waals surface area contributed by atoms with Gasteiger partial charge in [-0.3, -0.25) is 9.78 Å². The Balaban J connectivity index is 1.81. The number of rotatable bonds is 3. The van der Waals surface area contributed by atoms with Crippen molar-refractivity contribution in [3.63, 3.8) is 0 Å². The maximum absolute atomic E-state index is 11.1. The van der Waals surface area contributed by atoms with Crippen LogP contribution in [0.25, 0.3) is 0 Å². The van der Waals surface area contributed by atoms with Gasteiger partial charge in [-0.2, -0.15) is 0 Å². The maximum Gasteiger partial charge on any atom is 0.305 e. The van der Waals surface area contributed by atoms with Gasteiger partial charge in [0, 0.05) is 19.5 Å². The first-order chi connectivity index (χ1) is 7.79. The molecule has 0 saturated carbocycles. The van der Waals surface area contributed by atoms with Crippen molar-refractivity contribution in [2.45, 2.75) is 19.3 Å². The lowest BCUT2D eigenvalue weighted by molar-refractivity contribution is -0.141. The SMILES string of the molecule is COC(=O)CC1CCN(c2cncs2)CC1. The summed E-state index contributed by atoms with van der Waals surface area (Å²) >= 11 is 1.67. The number of esters is 1. The fraction of sp³-hybridized carbons (Fsp3) is 0.636. The number of hydrogen-bond donors (Lipinski definition) is 0. The average molecular weight is 240 g/mol. The first kappa shape index (κ1) is 11.4. The van der Waals surface area contributed by atoms with Gasteiger partial charge in [-0.1, -0.05) is 0 Å². The summed E-state index contributed by atoms with van der Waals surface area (Å²) < 4.78 is 4.69. The molecular weight excluding hydrogens is 224 g/mol. The predicted molar refractivity (Wildman–Crippen MR) is 63.7 cm³/mol. The second-order valence-electron chi connectivity index (χ2n) is 4.05. The van der Waals surface area contributed by atoms with Gasteiger partial charge in [-0.05, 0) is 18.8 Å². The van der Waals surface area contributed by atoms with E-state index in [1.54, 1.807) is 11.3 Å². The highest BCUT2D eigenvalue weighted by molar-refractivity contribution is 7.13. The summed E-state index contributed by atoms with van der Waals surface area (Å²) in [5, 5.41) is 1.23. The highest BCUT2D eigenvalue weighted by Gasteiger charge is 2.22. The van der Waals surface area contributed by atoms with E-state index < -0.39 is 0 Å². The minimum Gasteiger partial charge on any atom is -0.469 e. The molecule has 1 aromatic heterocycles. The van der Waals surface area contributed by atoms with Crippen LogP contribution < -0.4 is 4.90 Å². The van der Waals surface area contributed by atoms with Crippen LogP contribution in [0.1, 0.15) is 19.3 Å². The summed E-state index contributed by atoms with van der Waals surface area (Å²) in [7, 11) is 1.45. The number of piperidine rings is 1. The molecule has 1 fully saturated rings. The highest BCUT2D eigenvalue weighted by Crippen LogP contribution is 2.27. The third-order valence-electron chi connectivity index (χ3n) is 3.03. The van der Waals surface area contributed by atoms with Crippen LogP contribution in [0.2, 0.25) is 0 Å². The molecule has 4 nitrogen and oxygen atoms in total. The smallest absolute Gasteiger partial charge is 0.305 e. The number of aromatic nitrogens is 1. The average Bonchev–Trinajstić information content (AvgIpc) is 2.83. The number of anilines is 1. The maximum atomic E-state index is 11.1. The lowest BCUT2D eigenvalue weighted by atomic mass is 9.94. The van der Waals surface area contributed by atoms with E-state index in [1.807, 2.05) is 11.7 Å². The van der Waals surface area contributed by atoms with E-state index >= 15 is 0 Å². The first-order valence-corrected chi connectivity index (χ1v) is 6.38. The molecule has 0 N–H and O–H groups in total. The van der Waals surface area contributed by atoms with Crippen molar-refractivity contribution < 1.29 is 9.53 Å². The Kier molecular flexibility index (Phi) is 3.77. The normalized spacial score (nSPS) is 17.4. The zero-order chi connectivity index (χ0) is 11.4. The van der Waals surface area contributed by atoms with E-state index in [1.165, 1.54) is 12.1 Å². The molecule has 0 bridgehead atoms. The molecule has 2 heterocycles. The first-order valence-electron chi connectivity index (χ1n) is 5.50. The molecule has 1 aromatic rings. The molecule has 0 amide bonds. The van der Waals surface area contributed by atoms with Crippen LogP contribution >= 0.6 is 11.3 Å². The molecule has 2 rings (SSSR count). The molecule has 88 valence electrons. The quantitative estimate of drug-likeness (QED) is 0.757. The minimum atomic E-state index is -0.0868. The molecule has 1 aliphatic heterocycles. The van der Waals surface area contributed by atoms with Gasteiger partial charge >= 0.3 is 5.97 Å². The van der Waals surface area contributed by atoms with E-state index in [-0.39, 0.29) is 5.97 Å². The Morgan fingerprint density at radius 2 is 2.38 bits per heavy atom. The van der Waals surface area contributed by atoms with Crippen molar-refractivity contribution in [1.29, 1.82) is 0 Å². The fourth-order valence-electron chi connectivity index (χ4n) is 2.04. The zero-order valence-corrected chi connectivity index (χ0v) is 10.2. The standard InChI is InChI=1S/C11H16N2O2S/c1-15-11(14)6-9-2-4-13(5-3-9)10-7-12-8-16-10/h7-9H,2-6H2,1H3. The number of nitrogens with zero attached hydrogens (tertiary/aromatic N) is 2. The van der Waals surface area contributed by atoms with Gasteiger partial charge in [0.05, 0.1) is 18.8 Å². The van der Waals surface area contributed by atoms with Crippen LogP contribution in [0.3, 0.4) is 0 Å². The van der Waals surface area contributed by atoms with Gasteiger partial charge < -0.3 is 9.64 Å². The summed E-state index contributed by atoms with van der Waals surface area (Å²) in [5.41, 5.74) is 1.86. The number of carbonyl (C=O) groups excluding carboxylic acids is 1. The van der Waals surface area contributed by atoms with Gasteiger partial charge in [-0.25, -0.2) is 0 Å². The Morgan fingerprint density at radius 3 is 2.94 bits per heavy atom. The van der Waals surface area contributed by atoms with Crippen molar-refractivity contribution >= 4 is 22.3 Å². The predicted octanol–water partition coefficient (Wildman–Crippen LogP) is 1.92. The van der Waals surface area contributed by atoms with Crippen LogP contribution in [0.5, 0.6) is 0 Å². The van der Waals surface area contributed by atoms with Crippen LogP contribution in [0, 0.1) is 5.92 Å². The molecule has 0 spiro atoms. The van der Waals surface area contributed by atoms with Crippen molar-refractivity contribution in [2.75, 3.05) is 25.1 Å². The molecule has 1 aliphatic rings. The minimum absolute atomic E-state index is 0.0868. The van der Waals surface area contributed by atoms with E-state index in [0.29, 0.717) is 12.3 Å². The Morgan fingerprint density at radius 1 is 1.62 bits per heavy atom. The van der Waals surface area contributed by atoms with E-state index in [9.17, 15) is 4.79 Å². The zero-order valence-electron chi connectivity index (χ0n) is 9.39. The number of thiazole rings is 1. The number of methoxy groups -OCH3 is 1. The van der Waals surface area contributed by atoms with Crippen molar-refractivity contribution in [1.82, 2.24) is 4.98 Å². The molecule has 0 aliphatic carbocycles. The van der Waals surface area contributed by atoms with Crippen molar-refractivity contribution in [3.05, 3.63) is 11.7 Å². The van der Waals surface area contributed by atoms with Gasteiger partial charge in [-0.15, -0.1) is 11.3 Å². The van der Waals surface area contributed by atoms with Gasteiger partial charge in [0.25, 0.3) is 0 Å². The van der Waals surface area contributed by atoms with E-state index in [0.717, 1.165) is 25.9 Å². The molecule has 0 aromatic carbocycles. The largest absolute Gasteiger partial charge is 0.469 e. The molecule has 0 radical (unpaired) electrons. The number of carbonyl (C=O) groups is 1. The summed E-state index contributed by atoms with van der Waals surface area (Å²) in [6, 6.07) is 0. The highest BCUT2D eigenvalue weighted by atomic mass is 32.1. The summed E-state index contributed by atoms with van der Waals surface area (Å²) in [6.07, 6.45) is 4.60. The summed E-state index contributed by atoms with van der Waals surface area (Å²) in [4.78, 5) is 17.6. The van der Waals surface area contributed by atoms with Crippen LogP contribution in [0.4, 0.5) is 5.00 Å². The number of hydrogen-bond acceptors (Lipinski definition) is 5. The molecule has 16 heavy (non-hydrogen) atoms. The summed E-state index contributed by atoms with van der Waals surface area (Å²) in [6.45, 7) is 2.04. The van der Waals surface area contributed by atoms with E-state index in [4.69, 9.17) is 4.74 Å². The fourth-order valence-corrected chi connectivity index (χ4v) is 2.72. The molecular formula is C11H16N2O2S. The van der Waals surface area contributed by atoms with Gasteiger partial charge in [0.1, 0.15) is 5.00 Å². The van der Waals surface area contributed by atoms with Gasteiger partial charge in [0.15, 0.2) is 0 Å². The molecule has 1 saturated heterocycles. The lowest BCUT2D eigenvalue weighted by Crippen LogP contribution is -2.33. The Hall–Kier alpha value is -1.10. The number of ether oxygens (including phenoxy) is 1. The van der Waals surface area contributed by atoms with E-state index in [2.05, 4.69) is 9.88 Å².